The molecule has 0 bridgehead atoms. The van der Waals surface area contributed by atoms with Crippen LogP contribution in [0.1, 0.15) is 44.5 Å². The minimum atomic E-state index is 1.03. The van der Waals surface area contributed by atoms with Gasteiger partial charge in [-0.05, 0) is 97.0 Å². The van der Waals surface area contributed by atoms with Crippen LogP contribution in [0.3, 0.4) is 0 Å². The maximum absolute atomic E-state index is 4.90. The minimum Gasteiger partial charge on any atom is -0.234 e. The minimum absolute atomic E-state index is 1.03. The molecule has 2 nitrogen and oxygen atoms in total. The molecule has 0 N–H and O–H groups in total. The van der Waals surface area contributed by atoms with E-state index >= 15 is 0 Å². The molecule has 0 radical (unpaired) electrons. The van der Waals surface area contributed by atoms with E-state index in [1.165, 1.54) is 55.6 Å². The zero-order valence-electron chi connectivity index (χ0n) is 26.4. The van der Waals surface area contributed by atoms with Crippen molar-refractivity contribution < 1.29 is 0 Å². The standard InChI is InChI=1S/C43H38N2/c1-31-5-17-39(18-6-31)43(40-19-7-32(2)8-20-40)29-35-13-21-37(22-14-35)38-23-15-36(16-24-38)30-44-45(41-25-9-33(3)10-26-41)42-27-11-34(4)12-28-42/h5-30H,1-4H3/b44-30+. The van der Waals surface area contributed by atoms with Crippen molar-refractivity contribution in [3.8, 4) is 11.1 Å². The number of aryl methyl sites for hydroxylation is 4. The van der Waals surface area contributed by atoms with Crippen molar-refractivity contribution >= 4 is 29.2 Å². The predicted octanol–water partition coefficient (Wildman–Crippen LogP) is 11.3. The molecule has 45 heavy (non-hydrogen) atoms. The summed E-state index contributed by atoms with van der Waals surface area (Å²) in [6.07, 6.45) is 4.21. The molecular formula is C43H38N2. The lowest BCUT2D eigenvalue weighted by Gasteiger charge is -2.19. The average Bonchev–Trinajstić information content (AvgIpc) is 3.07. The summed E-state index contributed by atoms with van der Waals surface area (Å²) in [4.78, 5) is 0. The van der Waals surface area contributed by atoms with Crippen molar-refractivity contribution in [3.05, 3.63) is 190 Å². The Hall–Kier alpha value is -5.47. The maximum Gasteiger partial charge on any atom is 0.0652 e. The Morgan fingerprint density at radius 3 is 1.18 bits per heavy atom. The number of hydrazone groups is 1. The molecule has 0 aliphatic heterocycles. The zero-order chi connectivity index (χ0) is 31.2. The Morgan fingerprint density at radius 1 is 0.422 bits per heavy atom. The molecule has 0 unspecified atom stereocenters. The first kappa shape index (κ1) is 29.6. The van der Waals surface area contributed by atoms with Crippen LogP contribution in [-0.4, -0.2) is 6.21 Å². The van der Waals surface area contributed by atoms with Gasteiger partial charge in [0.25, 0.3) is 0 Å². The summed E-state index contributed by atoms with van der Waals surface area (Å²) in [6, 6.07) is 51.9. The van der Waals surface area contributed by atoms with Crippen molar-refractivity contribution in [1.82, 2.24) is 0 Å². The van der Waals surface area contributed by atoms with Crippen LogP contribution in [0.4, 0.5) is 11.4 Å². The van der Waals surface area contributed by atoms with Crippen molar-refractivity contribution in [3.63, 3.8) is 0 Å². The van der Waals surface area contributed by atoms with Gasteiger partial charge in [-0.25, -0.2) is 5.01 Å². The van der Waals surface area contributed by atoms with Crippen LogP contribution in [-0.2, 0) is 0 Å². The number of nitrogens with zero attached hydrogens (tertiary/aromatic N) is 2. The molecule has 0 fully saturated rings. The summed E-state index contributed by atoms with van der Waals surface area (Å²) in [5.74, 6) is 0. The van der Waals surface area contributed by atoms with Gasteiger partial charge in [-0.3, -0.25) is 0 Å². The quantitative estimate of drug-likeness (QED) is 0.0990. The number of hydrogen-bond acceptors (Lipinski definition) is 2. The van der Waals surface area contributed by atoms with Crippen LogP contribution < -0.4 is 5.01 Å². The van der Waals surface area contributed by atoms with Crippen molar-refractivity contribution in [1.29, 1.82) is 0 Å². The number of rotatable bonds is 8. The van der Waals surface area contributed by atoms with Gasteiger partial charge in [-0.15, -0.1) is 0 Å². The molecule has 0 amide bonds. The lowest BCUT2D eigenvalue weighted by atomic mass is 9.94. The first-order chi connectivity index (χ1) is 21.9. The van der Waals surface area contributed by atoms with Gasteiger partial charge >= 0.3 is 0 Å². The molecule has 0 aliphatic carbocycles. The Kier molecular flexibility index (Phi) is 8.84. The van der Waals surface area contributed by atoms with E-state index in [9.17, 15) is 0 Å². The van der Waals surface area contributed by atoms with E-state index in [1.807, 2.05) is 11.2 Å². The van der Waals surface area contributed by atoms with Crippen LogP contribution in [0.25, 0.3) is 22.8 Å². The molecule has 0 aliphatic rings. The maximum atomic E-state index is 4.90. The molecule has 220 valence electrons. The fourth-order valence-electron chi connectivity index (χ4n) is 5.28. The molecule has 6 rings (SSSR count). The molecule has 0 spiro atoms. The first-order valence-corrected chi connectivity index (χ1v) is 15.4. The molecule has 0 saturated heterocycles. The molecule has 0 heterocycles. The van der Waals surface area contributed by atoms with Crippen LogP contribution in [0.15, 0.2) is 151 Å². The second-order valence-electron chi connectivity index (χ2n) is 11.8. The van der Waals surface area contributed by atoms with E-state index in [2.05, 4.69) is 179 Å². The second kappa shape index (κ2) is 13.4. The van der Waals surface area contributed by atoms with Crippen molar-refractivity contribution in [2.45, 2.75) is 27.7 Å². The Morgan fingerprint density at radius 2 is 0.778 bits per heavy atom. The van der Waals surface area contributed by atoms with Gasteiger partial charge in [-0.1, -0.05) is 144 Å². The smallest absolute Gasteiger partial charge is 0.0652 e. The van der Waals surface area contributed by atoms with Gasteiger partial charge in [0.15, 0.2) is 0 Å². The van der Waals surface area contributed by atoms with Crippen LogP contribution in [0.2, 0.25) is 0 Å². The summed E-state index contributed by atoms with van der Waals surface area (Å²) in [5, 5.41) is 6.88. The van der Waals surface area contributed by atoms with Gasteiger partial charge in [0, 0.05) is 0 Å². The predicted molar refractivity (Wildman–Crippen MR) is 193 cm³/mol. The van der Waals surface area contributed by atoms with Gasteiger partial charge in [0.2, 0.25) is 0 Å². The summed E-state index contributed by atoms with van der Waals surface area (Å²) in [5.41, 5.74) is 15.3. The molecule has 6 aromatic carbocycles. The molecule has 2 heteroatoms. The monoisotopic (exact) mass is 582 g/mol. The lowest BCUT2D eigenvalue weighted by Crippen LogP contribution is -2.09. The van der Waals surface area contributed by atoms with Crippen LogP contribution in [0, 0.1) is 27.7 Å². The number of hydrogen-bond donors (Lipinski definition) is 0. The van der Waals surface area contributed by atoms with E-state index in [0.717, 1.165) is 16.9 Å². The fraction of sp³-hybridized carbons (Fsp3) is 0.0930. The molecule has 6 aromatic rings. The zero-order valence-corrected chi connectivity index (χ0v) is 26.4. The largest absolute Gasteiger partial charge is 0.234 e. The third-order valence-corrected chi connectivity index (χ3v) is 8.07. The third kappa shape index (κ3) is 7.37. The normalized spacial score (nSPS) is 11.0. The Bertz CT molecular complexity index is 1820. The van der Waals surface area contributed by atoms with Crippen molar-refractivity contribution in [2.24, 2.45) is 5.10 Å². The SMILES string of the molecule is Cc1ccc(C(=Cc2ccc(-c3ccc(/C=N/N(c4ccc(C)cc4)c4ccc(C)cc4)cc3)cc2)c2ccc(C)cc2)cc1. The fourth-order valence-corrected chi connectivity index (χ4v) is 5.28. The van der Waals surface area contributed by atoms with Crippen molar-refractivity contribution in [2.75, 3.05) is 5.01 Å². The van der Waals surface area contributed by atoms with E-state index in [4.69, 9.17) is 5.10 Å². The molecule has 0 saturated carbocycles. The average molecular weight is 583 g/mol. The van der Waals surface area contributed by atoms with Crippen LogP contribution >= 0.6 is 0 Å². The summed E-state index contributed by atoms with van der Waals surface area (Å²) >= 11 is 0. The highest BCUT2D eigenvalue weighted by Gasteiger charge is 2.09. The first-order valence-electron chi connectivity index (χ1n) is 15.4. The Balaban J connectivity index is 1.23. The second-order valence-corrected chi connectivity index (χ2v) is 11.8. The molecule has 0 aromatic heterocycles. The van der Waals surface area contributed by atoms with E-state index in [-0.39, 0.29) is 0 Å². The summed E-state index contributed by atoms with van der Waals surface area (Å²) in [6.45, 7) is 8.46. The highest BCUT2D eigenvalue weighted by molar-refractivity contribution is 5.92. The summed E-state index contributed by atoms with van der Waals surface area (Å²) in [7, 11) is 0. The number of anilines is 2. The van der Waals surface area contributed by atoms with E-state index < -0.39 is 0 Å². The number of benzene rings is 6. The topological polar surface area (TPSA) is 15.6 Å². The highest BCUT2D eigenvalue weighted by Crippen LogP contribution is 2.29. The molecular weight excluding hydrogens is 544 g/mol. The van der Waals surface area contributed by atoms with E-state index in [0.29, 0.717) is 0 Å². The lowest BCUT2D eigenvalue weighted by molar-refractivity contribution is 1.09. The van der Waals surface area contributed by atoms with Gasteiger partial charge in [0.1, 0.15) is 0 Å². The van der Waals surface area contributed by atoms with Gasteiger partial charge in [0.05, 0.1) is 17.6 Å². The van der Waals surface area contributed by atoms with E-state index in [1.54, 1.807) is 0 Å². The Labute approximate surface area is 267 Å². The van der Waals surface area contributed by atoms with Crippen LogP contribution in [0.5, 0.6) is 0 Å². The third-order valence-electron chi connectivity index (χ3n) is 8.07. The molecule has 0 atom stereocenters. The van der Waals surface area contributed by atoms with Gasteiger partial charge in [-0.2, -0.15) is 5.10 Å². The highest BCUT2D eigenvalue weighted by atomic mass is 15.5. The summed E-state index contributed by atoms with van der Waals surface area (Å²) < 4.78 is 0. The van der Waals surface area contributed by atoms with Gasteiger partial charge < -0.3 is 0 Å².